The Labute approximate surface area is 91.9 Å². The molecule has 3 heteroatoms. The summed E-state index contributed by atoms with van der Waals surface area (Å²) >= 11 is 0. The van der Waals surface area contributed by atoms with Crippen molar-refractivity contribution in [1.82, 2.24) is 15.1 Å². The topological polar surface area (TPSA) is 29.9 Å². The number of hydrogen-bond acceptors (Lipinski definition) is 2. The lowest BCUT2D eigenvalue weighted by Gasteiger charge is -2.12. The number of rotatable bonds is 4. The molecule has 1 aromatic heterocycles. The van der Waals surface area contributed by atoms with Crippen molar-refractivity contribution in [2.45, 2.75) is 32.7 Å². The molecule has 0 aliphatic carbocycles. The third-order valence-corrected chi connectivity index (χ3v) is 2.48. The maximum Gasteiger partial charge on any atom is 0.0669 e. The number of hydrogen-bond donors (Lipinski definition) is 1. The highest BCUT2D eigenvalue weighted by atomic mass is 15.3. The zero-order valence-electron chi connectivity index (χ0n) is 9.96. The summed E-state index contributed by atoms with van der Waals surface area (Å²) in [7, 11) is 3.93. The van der Waals surface area contributed by atoms with E-state index in [1.807, 2.05) is 25.7 Å². The quantitative estimate of drug-likeness (QED) is 0.758. The maximum atomic E-state index is 4.43. The largest absolute Gasteiger partial charge is 0.312 e. The molecule has 15 heavy (non-hydrogen) atoms. The Balaban J connectivity index is 2.92. The first-order chi connectivity index (χ1) is 7.22. The monoisotopic (exact) mass is 205 g/mol. The second-order valence-electron chi connectivity index (χ2n) is 3.53. The Morgan fingerprint density at radius 1 is 1.60 bits per heavy atom. The molecule has 1 heterocycles. The molecule has 0 saturated carbocycles. The Bertz CT molecular complexity index is 368. The first-order valence-electron chi connectivity index (χ1n) is 5.32. The molecule has 1 rings (SSSR count). The number of aryl methyl sites for hydroxylation is 2. The van der Waals surface area contributed by atoms with Crippen molar-refractivity contribution in [2.24, 2.45) is 7.05 Å². The molecule has 3 nitrogen and oxygen atoms in total. The standard InChI is InChI=1S/C12H19N3/c1-5-7-8-12(13-3)10-9-15(4)14-11(10)6-2/h9,12-13H,6,8H2,1-4H3. The molecule has 82 valence electrons. The van der Waals surface area contributed by atoms with Crippen LogP contribution in [0.4, 0.5) is 0 Å². The van der Waals surface area contributed by atoms with Crippen molar-refractivity contribution >= 4 is 0 Å². The van der Waals surface area contributed by atoms with Crippen LogP contribution in [0.2, 0.25) is 0 Å². The minimum Gasteiger partial charge on any atom is -0.312 e. The van der Waals surface area contributed by atoms with Crippen molar-refractivity contribution in [3.8, 4) is 11.8 Å². The highest BCUT2D eigenvalue weighted by Gasteiger charge is 2.14. The highest BCUT2D eigenvalue weighted by Crippen LogP contribution is 2.19. The van der Waals surface area contributed by atoms with Gasteiger partial charge in [0.25, 0.3) is 0 Å². The van der Waals surface area contributed by atoms with Crippen molar-refractivity contribution in [3.63, 3.8) is 0 Å². The van der Waals surface area contributed by atoms with E-state index >= 15 is 0 Å². The van der Waals surface area contributed by atoms with Gasteiger partial charge in [0.2, 0.25) is 0 Å². The van der Waals surface area contributed by atoms with E-state index in [9.17, 15) is 0 Å². The SMILES string of the molecule is CC#CCC(NC)c1cn(C)nc1CC. The molecule has 0 aromatic carbocycles. The molecule has 0 fully saturated rings. The fourth-order valence-corrected chi connectivity index (χ4v) is 1.69. The van der Waals surface area contributed by atoms with Gasteiger partial charge in [0.15, 0.2) is 0 Å². The van der Waals surface area contributed by atoms with Crippen molar-refractivity contribution in [1.29, 1.82) is 0 Å². The summed E-state index contributed by atoms with van der Waals surface area (Å²) in [6.45, 7) is 4.00. The zero-order valence-corrected chi connectivity index (χ0v) is 9.96. The maximum absolute atomic E-state index is 4.43. The van der Waals surface area contributed by atoms with Crippen LogP contribution >= 0.6 is 0 Å². The fraction of sp³-hybridized carbons (Fsp3) is 0.583. The summed E-state index contributed by atoms with van der Waals surface area (Å²) in [6.07, 6.45) is 3.89. The highest BCUT2D eigenvalue weighted by molar-refractivity contribution is 5.23. The van der Waals surface area contributed by atoms with E-state index in [-0.39, 0.29) is 0 Å². The molecule has 1 N–H and O–H groups in total. The van der Waals surface area contributed by atoms with Gasteiger partial charge in [0.05, 0.1) is 5.69 Å². The Morgan fingerprint density at radius 2 is 2.33 bits per heavy atom. The molecule has 1 atom stereocenters. The molecule has 0 bridgehead atoms. The normalized spacial score (nSPS) is 12.0. The van der Waals surface area contributed by atoms with Gasteiger partial charge in [-0.2, -0.15) is 5.10 Å². The summed E-state index contributed by atoms with van der Waals surface area (Å²) in [5, 5.41) is 7.72. The van der Waals surface area contributed by atoms with E-state index < -0.39 is 0 Å². The molecule has 0 aliphatic rings. The lowest BCUT2D eigenvalue weighted by molar-refractivity contribution is 0.605. The Kier molecular flexibility index (Phi) is 4.38. The van der Waals surface area contributed by atoms with E-state index in [0.717, 1.165) is 18.5 Å². The summed E-state index contributed by atoms with van der Waals surface area (Å²) in [5.74, 6) is 6.04. The van der Waals surface area contributed by atoms with Crippen molar-refractivity contribution < 1.29 is 0 Å². The first-order valence-corrected chi connectivity index (χ1v) is 5.32. The molecule has 0 radical (unpaired) electrons. The summed E-state index contributed by atoms with van der Waals surface area (Å²) in [5.41, 5.74) is 2.43. The lowest BCUT2D eigenvalue weighted by atomic mass is 10.0. The smallest absolute Gasteiger partial charge is 0.0669 e. The molecule has 1 unspecified atom stereocenters. The van der Waals surface area contributed by atoms with Gasteiger partial charge in [0, 0.05) is 31.3 Å². The summed E-state index contributed by atoms with van der Waals surface area (Å²) in [6, 6.07) is 0.293. The number of aromatic nitrogens is 2. The van der Waals surface area contributed by atoms with Gasteiger partial charge in [-0.25, -0.2) is 0 Å². The number of nitrogens with zero attached hydrogens (tertiary/aromatic N) is 2. The molecule has 0 amide bonds. The predicted octanol–water partition coefficient (Wildman–Crippen LogP) is 1.66. The Morgan fingerprint density at radius 3 is 2.87 bits per heavy atom. The molecule has 1 aromatic rings. The van der Waals surface area contributed by atoms with Crippen LogP contribution in [0.15, 0.2) is 6.20 Å². The van der Waals surface area contributed by atoms with Gasteiger partial charge in [-0.1, -0.05) is 6.92 Å². The van der Waals surface area contributed by atoms with E-state index in [2.05, 4.69) is 35.4 Å². The van der Waals surface area contributed by atoms with E-state index in [0.29, 0.717) is 6.04 Å². The van der Waals surface area contributed by atoms with Crippen LogP contribution in [0.5, 0.6) is 0 Å². The van der Waals surface area contributed by atoms with E-state index in [4.69, 9.17) is 0 Å². The van der Waals surface area contributed by atoms with Crippen LogP contribution < -0.4 is 5.32 Å². The molecular weight excluding hydrogens is 186 g/mol. The number of nitrogens with one attached hydrogen (secondary N) is 1. The van der Waals surface area contributed by atoms with Gasteiger partial charge in [0.1, 0.15) is 0 Å². The summed E-state index contributed by atoms with van der Waals surface area (Å²) in [4.78, 5) is 0. The zero-order chi connectivity index (χ0) is 11.3. The van der Waals surface area contributed by atoms with Crippen LogP contribution in [-0.4, -0.2) is 16.8 Å². The molecule has 0 spiro atoms. The van der Waals surface area contributed by atoms with Gasteiger partial charge in [-0.15, -0.1) is 11.8 Å². The van der Waals surface area contributed by atoms with Gasteiger partial charge >= 0.3 is 0 Å². The summed E-state index contributed by atoms with van der Waals surface area (Å²) < 4.78 is 1.87. The lowest BCUT2D eigenvalue weighted by Crippen LogP contribution is -2.16. The third-order valence-electron chi connectivity index (χ3n) is 2.48. The third kappa shape index (κ3) is 2.84. The van der Waals surface area contributed by atoms with Crippen LogP contribution in [0, 0.1) is 11.8 Å². The second-order valence-corrected chi connectivity index (χ2v) is 3.53. The minimum absolute atomic E-state index is 0.293. The van der Waals surface area contributed by atoms with Crippen LogP contribution in [0.3, 0.4) is 0 Å². The molecular formula is C12H19N3. The predicted molar refractivity (Wildman–Crippen MR) is 62.5 cm³/mol. The Hall–Kier alpha value is -1.27. The van der Waals surface area contributed by atoms with Gasteiger partial charge < -0.3 is 5.32 Å². The van der Waals surface area contributed by atoms with Crippen LogP contribution in [-0.2, 0) is 13.5 Å². The van der Waals surface area contributed by atoms with Crippen molar-refractivity contribution in [3.05, 3.63) is 17.5 Å². The van der Waals surface area contributed by atoms with Crippen molar-refractivity contribution in [2.75, 3.05) is 7.05 Å². The average molecular weight is 205 g/mol. The molecule has 0 aliphatic heterocycles. The van der Waals surface area contributed by atoms with Crippen LogP contribution in [0.25, 0.3) is 0 Å². The van der Waals surface area contributed by atoms with Crippen LogP contribution in [0.1, 0.15) is 37.6 Å². The minimum atomic E-state index is 0.293. The van der Waals surface area contributed by atoms with Gasteiger partial charge in [-0.05, 0) is 20.4 Å². The molecule has 0 saturated heterocycles. The van der Waals surface area contributed by atoms with E-state index in [1.165, 1.54) is 5.56 Å². The fourth-order valence-electron chi connectivity index (χ4n) is 1.69. The first kappa shape index (κ1) is 11.8. The van der Waals surface area contributed by atoms with E-state index in [1.54, 1.807) is 0 Å². The second kappa shape index (κ2) is 5.57. The average Bonchev–Trinajstić information content (AvgIpc) is 2.61. The van der Waals surface area contributed by atoms with Gasteiger partial charge in [-0.3, -0.25) is 4.68 Å².